The number of pyridine rings is 1. The molecule has 21 heavy (non-hydrogen) atoms. The van der Waals surface area contributed by atoms with Crippen molar-refractivity contribution in [3.8, 4) is 11.3 Å². The number of H-pyrrole nitrogens is 1. The van der Waals surface area contributed by atoms with Gasteiger partial charge in [-0.25, -0.2) is 0 Å². The molecule has 0 amide bonds. The minimum Gasteiger partial charge on any atom is -0.346 e. The van der Waals surface area contributed by atoms with Gasteiger partial charge in [-0.15, -0.1) is 0 Å². The quantitative estimate of drug-likeness (QED) is 0.775. The highest BCUT2D eigenvalue weighted by Crippen LogP contribution is 2.27. The lowest BCUT2D eigenvalue weighted by Crippen LogP contribution is -2.07. The number of aromatic amines is 1. The maximum Gasteiger partial charge on any atom is 0.248 e. The number of rotatable bonds is 3. The summed E-state index contributed by atoms with van der Waals surface area (Å²) in [6.07, 6.45) is 0.882. The SMILES string of the molecule is CCc1ccc(=O)[nH]c1-c1ccc2c(c1)cc(CN)n2C. The first kappa shape index (κ1) is 13.6. The Hall–Kier alpha value is -2.33. The molecule has 0 unspecified atom stereocenters. The number of nitrogens with one attached hydrogen (secondary N) is 1. The van der Waals surface area contributed by atoms with Crippen LogP contribution < -0.4 is 11.3 Å². The third-order valence-corrected chi connectivity index (χ3v) is 4.03. The Labute approximate surface area is 123 Å². The van der Waals surface area contributed by atoms with Crippen LogP contribution in [0.3, 0.4) is 0 Å². The van der Waals surface area contributed by atoms with Gasteiger partial charge in [-0.1, -0.05) is 19.1 Å². The number of hydrogen-bond acceptors (Lipinski definition) is 2. The van der Waals surface area contributed by atoms with E-state index in [1.807, 2.05) is 19.2 Å². The molecular formula is C17H19N3O. The first-order chi connectivity index (χ1) is 10.1. The van der Waals surface area contributed by atoms with Crippen molar-refractivity contribution < 1.29 is 0 Å². The molecule has 0 atom stereocenters. The lowest BCUT2D eigenvalue weighted by molar-refractivity contribution is 0.849. The van der Waals surface area contributed by atoms with Crippen LogP contribution in [0.25, 0.3) is 22.2 Å². The van der Waals surface area contributed by atoms with Crippen LogP contribution in [-0.2, 0) is 20.0 Å². The second kappa shape index (κ2) is 5.22. The van der Waals surface area contributed by atoms with Crippen LogP contribution in [0.2, 0.25) is 0 Å². The predicted octanol–water partition coefficient (Wildman–Crippen LogP) is 2.55. The van der Waals surface area contributed by atoms with Crippen LogP contribution in [0.4, 0.5) is 0 Å². The van der Waals surface area contributed by atoms with E-state index >= 15 is 0 Å². The van der Waals surface area contributed by atoms with E-state index in [1.165, 1.54) is 0 Å². The summed E-state index contributed by atoms with van der Waals surface area (Å²) in [5.41, 5.74) is 11.0. The van der Waals surface area contributed by atoms with Gasteiger partial charge < -0.3 is 15.3 Å². The van der Waals surface area contributed by atoms with Crippen LogP contribution in [0.1, 0.15) is 18.2 Å². The normalized spacial score (nSPS) is 11.2. The van der Waals surface area contributed by atoms with Crippen LogP contribution in [0.5, 0.6) is 0 Å². The summed E-state index contributed by atoms with van der Waals surface area (Å²) in [5, 5.41) is 1.14. The van der Waals surface area contributed by atoms with Crippen LogP contribution in [0.15, 0.2) is 41.2 Å². The highest BCUT2D eigenvalue weighted by Gasteiger charge is 2.09. The number of hydrogen-bond donors (Lipinski definition) is 2. The van der Waals surface area contributed by atoms with E-state index in [4.69, 9.17) is 5.73 Å². The van der Waals surface area contributed by atoms with Gasteiger partial charge in [0.05, 0.1) is 5.69 Å². The Bertz CT molecular complexity index is 858. The molecule has 108 valence electrons. The number of aromatic nitrogens is 2. The zero-order chi connectivity index (χ0) is 15.0. The van der Waals surface area contributed by atoms with E-state index in [2.05, 4.69) is 34.7 Å². The molecule has 0 aliphatic rings. The van der Waals surface area contributed by atoms with Crippen molar-refractivity contribution in [2.75, 3.05) is 0 Å². The zero-order valence-electron chi connectivity index (χ0n) is 12.3. The van der Waals surface area contributed by atoms with E-state index in [1.54, 1.807) is 6.07 Å². The Morgan fingerprint density at radius 2 is 2.00 bits per heavy atom. The smallest absolute Gasteiger partial charge is 0.248 e. The second-order valence-electron chi connectivity index (χ2n) is 5.25. The third kappa shape index (κ3) is 2.28. The molecule has 3 rings (SSSR count). The minimum atomic E-state index is -0.0713. The number of nitrogens with two attached hydrogens (primary N) is 1. The summed E-state index contributed by atoms with van der Waals surface area (Å²) >= 11 is 0. The standard InChI is InChI=1S/C17H19N3O/c1-3-11-5-7-16(21)19-17(11)12-4-6-15-13(8-12)9-14(10-18)20(15)2/h4-9H,3,10,18H2,1-2H3,(H,19,21). The molecule has 4 nitrogen and oxygen atoms in total. The minimum absolute atomic E-state index is 0.0713. The molecule has 0 saturated heterocycles. The van der Waals surface area contributed by atoms with Gasteiger partial charge in [-0.2, -0.15) is 0 Å². The van der Waals surface area contributed by atoms with Gasteiger partial charge in [0, 0.05) is 36.3 Å². The van der Waals surface area contributed by atoms with Gasteiger partial charge in [0.2, 0.25) is 5.56 Å². The Kier molecular flexibility index (Phi) is 3.39. The van der Waals surface area contributed by atoms with Crippen molar-refractivity contribution in [3.05, 3.63) is 58.0 Å². The van der Waals surface area contributed by atoms with Gasteiger partial charge in [0.15, 0.2) is 0 Å². The first-order valence-corrected chi connectivity index (χ1v) is 7.15. The number of benzene rings is 1. The molecule has 0 bridgehead atoms. The molecule has 2 heterocycles. The van der Waals surface area contributed by atoms with Crippen molar-refractivity contribution >= 4 is 10.9 Å². The molecule has 3 aromatic rings. The molecule has 0 fully saturated rings. The summed E-state index contributed by atoms with van der Waals surface area (Å²) in [6, 6.07) is 11.8. The summed E-state index contributed by atoms with van der Waals surface area (Å²) in [5.74, 6) is 0. The largest absolute Gasteiger partial charge is 0.346 e. The van der Waals surface area contributed by atoms with Gasteiger partial charge >= 0.3 is 0 Å². The van der Waals surface area contributed by atoms with Crippen molar-refractivity contribution in [1.29, 1.82) is 0 Å². The van der Waals surface area contributed by atoms with E-state index in [-0.39, 0.29) is 5.56 Å². The van der Waals surface area contributed by atoms with Crippen molar-refractivity contribution in [1.82, 2.24) is 9.55 Å². The monoisotopic (exact) mass is 281 g/mol. The first-order valence-electron chi connectivity index (χ1n) is 7.15. The Balaban J connectivity index is 2.22. The number of fused-ring (bicyclic) bond motifs is 1. The number of aryl methyl sites for hydroxylation is 2. The van der Waals surface area contributed by atoms with Gasteiger partial charge in [-0.3, -0.25) is 4.79 Å². The predicted molar refractivity (Wildman–Crippen MR) is 86.2 cm³/mol. The van der Waals surface area contributed by atoms with E-state index < -0.39 is 0 Å². The van der Waals surface area contributed by atoms with Crippen molar-refractivity contribution in [2.24, 2.45) is 12.8 Å². The fourth-order valence-corrected chi connectivity index (χ4v) is 2.81. The van der Waals surface area contributed by atoms with Crippen LogP contribution >= 0.6 is 0 Å². The summed E-state index contributed by atoms with van der Waals surface area (Å²) < 4.78 is 2.10. The van der Waals surface area contributed by atoms with E-state index in [0.29, 0.717) is 6.54 Å². The Morgan fingerprint density at radius 3 is 2.71 bits per heavy atom. The topological polar surface area (TPSA) is 63.8 Å². The molecule has 0 aliphatic heterocycles. The average Bonchev–Trinajstić information content (AvgIpc) is 2.83. The van der Waals surface area contributed by atoms with E-state index in [9.17, 15) is 4.79 Å². The molecule has 4 heteroatoms. The van der Waals surface area contributed by atoms with Crippen molar-refractivity contribution in [2.45, 2.75) is 19.9 Å². The van der Waals surface area contributed by atoms with Crippen LogP contribution in [0, 0.1) is 0 Å². The highest BCUT2D eigenvalue weighted by molar-refractivity contribution is 5.86. The molecule has 0 radical (unpaired) electrons. The molecule has 2 aromatic heterocycles. The summed E-state index contributed by atoms with van der Waals surface area (Å²) in [7, 11) is 2.02. The summed E-state index contributed by atoms with van der Waals surface area (Å²) in [6.45, 7) is 2.60. The molecule has 3 N–H and O–H groups in total. The lowest BCUT2D eigenvalue weighted by Gasteiger charge is -2.08. The van der Waals surface area contributed by atoms with Gasteiger partial charge in [0.1, 0.15) is 0 Å². The van der Waals surface area contributed by atoms with E-state index in [0.717, 1.165) is 39.8 Å². The van der Waals surface area contributed by atoms with Gasteiger partial charge in [-0.05, 0) is 35.7 Å². The molecule has 0 spiro atoms. The third-order valence-electron chi connectivity index (χ3n) is 4.03. The summed E-state index contributed by atoms with van der Waals surface area (Å²) in [4.78, 5) is 14.6. The van der Waals surface area contributed by atoms with Crippen LogP contribution in [-0.4, -0.2) is 9.55 Å². The fourth-order valence-electron chi connectivity index (χ4n) is 2.81. The Morgan fingerprint density at radius 1 is 1.19 bits per heavy atom. The molecule has 0 saturated carbocycles. The maximum atomic E-state index is 11.6. The fraction of sp³-hybridized carbons (Fsp3) is 0.235. The highest BCUT2D eigenvalue weighted by atomic mass is 16.1. The average molecular weight is 281 g/mol. The molecule has 0 aliphatic carbocycles. The second-order valence-corrected chi connectivity index (χ2v) is 5.25. The number of nitrogens with zero attached hydrogens (tertiary/aromatic N) is 1. The zero-order valence-corrected chi connectivity index (χ0v) is 12.3. The molecule has 1 aromatic carbocycles. The van der Waals surface area contributed by atoms with Gasteiger partial charge in [0.25, 0.3) is 0 Å². The van der Waals surface area contributed by atoms with Crippen molar-refractivity contribution in [3.63, 3.8) is 0 Å². The maximum absolute atomic E-state index is 11.6. The molecular weight excluding hydrogens is 262 g/mol. The lowest BCUT2D eigenvalue weighted by atomic mass is 10.0.